The molecule has 0 saturated heterocycles. The van der Waals surface area contributed by atoms with Gasteiger partial charge in [0.25, 0.3) is 11.8 Å². The molecule has 0 saturated carbocycles. The van der Waals surface area contributed by atoms with E-state index in [0.717, 1.165) is 23.9 Å². The number of methoxy groups -OCH3 is 1. The van der Waals surface area contributed by atoms with Gasteiger partial charge in [-0.25, -0.2) is 0 Å². The van der Waals surface area contributed by atoms with E-state index in [1.165, 1.54) is 25.3 Å². The number of rotatable bonds is 10. The van der Waals surface area contributed by atoms with Gasteiger partial charge in [-0.15, -0.1) is 11.8 Å². The summed E-state index contributed by atoms with van der Waals surface area (Å²) in [6.45, 7) is 0. The van der Waals surface area contributed by atoms with Gasteiger partial charge in [0.2, 0.25) is 5.91 Å². The molecule has 3 N–H and O–H groups in total. The minimum absolute atomic E-state index is 0.0133. The second kappa shape index (κ2) is 14.2. The summed E-state index contributed by atoms with van der Waals surface area (Å²) >= 11 is 1.14. The number of anilines is 2. The Labute approximate surface area is 250 Å². The Kier molecular flexibility index (Phi) is 10.2. The average molecular weight is 606 g/mol. The third kappa shape index (κ3) is 9.23. The van der Waals surface area contributed by atoms with Crippen molar-refractivity contribution in [2.75, 3.05) is 23.5 Å². The highest BCUT2D eigenvalue weighted by Gasteiger charge is 2.30. The van der Waals surface area contributed by atoms with Gasteiger partial charge in [0.15, 0.2) is 0 Å². The van der Waals surface area contributed by atoms with Crippen molar-refractivity contribution in [1.29, 1.82) is 0 Å². The van der Waals surface area contributed by atoms with E-state index >= 15 is 0 Å². The highest BCUT2D eigenvalue weighted by atomic mass is 32.2. The minimum atomic E-state index is -4.52. The van der Waals surface area contributed by atoms with Crippen LogP contribution in [0, 0.1) is 0 Å². The lowest BCUT2D eigenvalue weighted by Gasteiger charge is -2.13. The first-order valence-corrected chi connectivity index (χ1v) is 13.8. The van der Waals surface area contributed by atoms with Crippen LogP contribution in [-0.4, -0.2) is 30.6 Å². The third-order valence-corrected chi connectivity index (χ3v) is 6.86. The number of hydrogen-bond acceptors (Lipinski definition) is 5. The molecule has 43 heavy (non-hydrogen) atoms. The smallest absolute Gasteiger partial charge is 0.416 e. The van der Waals surface area contributed by atoms with Crippen LogP contribution in [0.15, 0.2) is 114 Å². The largest absolute Gasteiger partial charge is 0.497 e. The summed E-state index contributed by atoms with van der Waals surface area (Å²) in [5.74, 6) is -1.06. The number of ether oxygens (including phenoxy) is 1. The van der Waals surface area contributed by atoms with E-state index in [9.17, 15) is 27.6 Å². The topological polar surface area (TPSA) is 96.5 Å². The van der Waals surface area contributed by atoms with Crippen molar-refractivity contribution < 1.29 is 32.3 Å². The lowest BCUT2D eigenvalue weighted by atomic mass is 10.1. The van der Waals surface area contributed by atoms with Gasteiger partial charge in [0.05, 0.1) is 18.4 Å². The van der Waals surface area contributed by atoms with Crippen LogP contribution < -0.4 is 20.7 Å². The number of nitrogens with one attached hydrogen (secondary N) is 3. The fourth-order valence-electron chi connectivity index (χ4n) is 3.82. The maximum atomic E-state index is 13.3. The molecule has 11 heteroatoms. The van der Waals surface area contributed by atoms with E-state index in [-0.39, 0.29) is 17.1 Å². The predicted octanol–water partition coefficient (Wildman–Crippen LogP) is 6.85. The second-order valence-electron chi connectivity index (χ2n) is 9.05. The Morgan fingerprint density at radius 3 is 2.23 bits per heavy atom. The summed E-state index contributed by atoms with van der Waals surface area (Å²) in [4.78, 5) is 39.2. The number of amides is 3. The fraction of sp³-hybridized carbons (Fsp3) is 0.0938. The van der Waals surface area contributed by atoms with Gasteiger partial charge in [-0.05, 0) is 72.3 Å². The van der Waals surface area contributed by atoms with Gasteiger partial charge in [-0.2, -0.15) is 13.2 Å². The molecular formula is C32H26F3N3O4S. The number of hydrogen-bond donors (Lipinski definition) is 3. The van der Waals surface area contributed by atoms with Crippen molar-refractivity contribution in [3.8, 4) is 5.75 Å². The van der Waals surface area contributed by atoms with Crippen LogP contribution in [0.3, 0.4) is 0 Å². The second-order valence-corrected chi connectivity index (χ2v) is 10.1. The van der Waals surface area contributed by atoms with Crippen LogP contribution >= 0.6 is 11.8 Å². The number of halogens is 3. The zero-order chi connectivity index (χ0) is 30.8. The summed E-state index contributed by atoms with van der Waals surface area (Å²) in [6.07, 6.45) is -3.00. The Morgan fingerprint density at radius 1 is 0.814 bits per heavy atom. The first-order chi connectivity index (χ1) is 20.6. The van der Waals surface area contributed by atoms with Crippen molar-refractivity contribution in [3.63, 3.8) is 0 Å². The van der Waals surface area contributed by atoms with E-state index in [4.69, 9.17) is 4.74 Å². The molecule has 7 nitrogen and oxygen atoms in total. The molecule has 0 heterocycles. The van der Waals surface area contributed by atoms with Crippen molar-refractivity contribution in [2.45, 2.75) is 11.1 Å². The number of carbonyl (C=O) groups is 3. The molecule has 0 aliphatic heterocycles. The van der Waals surface area contributed by atoms with Gasteiger partial charge in [0, 0.05) is 21.8 Å². The number of carbonyl (C=O) groups excluding carboxylic acids is 3. The van der Waals surface area contributed by atoms with Crippen LogP contribution in [0.2, 0.25) is 0 Å². The SMILES string of the molecule is COc1cccc(/C=C(\NC(=O)c2ccccc2)C(=O)Nc2cccc(SCC(=O)Nc3cccc(C(F)(F)F)c3)c2)c1. The molecule has 0 spiro atoms. The van der Waals surface area contributed by atoms with E-state index in [1.807, 2.05) is 0 Å². The molecule has 220 valence electrons. The van der Waals surface area contributed by atoms with Crippen LogP contribution in [0.1, 0.15) is 21.5 Å². The fourth-order valence-corrected chi connectivity index (χ4v) is 4.58. The van der Waals surface area contributed by atoms with Gasteiger partial charge in [-0.1, -0.05) is 42.5 Å². The zero-order valence-corrected chi connectivity index (χ0v) is 23.6. The lowest BCUT2D eigenvalue weighted by Crippen LogP contribution is -2.30. The van der Waals surface area contributed by atoms with Crippen LogP contribution in [0.25, 0.3) is 6.08 Å². The van der Waals surface area contributed by atoms with E-state index in [2.05, 4.69) is 16.0 Å². The van der Waals surface area contributed by atoms with Crippen molar-refractivity contribution in [1.82, 2.24) is 5.32 Å². The molecule has 0 atom stereocenters. The molecule has 0 radical (unpaired) electrons. The van der Waals surface area contributed by atoms with E-state index < -0.39 is 29.5 Å². The summed E-state index contributed by atoms with van der Waals surface area (Å²) in [5.41, 5.74) is 0.553. The highest BCUT2D eigenvalue weighted by Crippen LogP contribution is 2.31. The molecule has 4 aromatic rings. The Balaban J connectivity index is 1.45. The van der Waals surface area contributed by atoms with Crippen LogP contribution in [0.5, 0.6) is 5.75 Å². The molecular weight excluding hydrogens is 579 g/mol. The highest BCUT2D eigenvalue weighted by molar-refractivity contribution is 8.00. The van der Waals surface area contributed by atoms with Crippen molar-refractivity contribution in [2.24, 2.45) is 0 Å². The van der Waals surface area contributed by atoms with Gasteiger partial charge < -0.3 is 20.7 Å². The summed E-state index contributed by atoms with van der Waals surface area (Å²) in [6, 6.07) is 26.5. The molecule has 0 aliphatic rings. The standard InChI is InChI=1S/C32H26F3N3O4S/c1-42-26-14-5-8-21(16-26)17-28(38-30(40)22-9-3-2-4-10-22)31(41)37-25-13-7-15-27(19-25)43-20-29(39)36-24-12-6-11-23(18-24)32(33,34)35/h2-19H,20H2,1H3,(H,36,39)(H,37,41)(H,38,40)/b28-17-. The number of benzene rings is 4. The quantitative estimate of drug-likeness (QED) is 0.136. The Morgan fingerprint density at radius 2 is 1.51 bits per heavy atom. The summed E-state index contributed by atoms with van der Waals surface area (Å²) < 4.78 is 44.1. The molecule has 0 aromatic heterocycles. The average Bonchev–Trinajstić information content (AvgIpc) is 3.00. The maximum Gasteiger partial charge on any atom is 0.416 e. The molecule has 0 bridgehead atoms. The van der Waals surface area contributed by atoms with Crippen molar-refractivity contribution in [3.05, 3.63) is 126 Å². The number of thioether (sulfide) groups is 1. The summed E-state index contributed by atoms with van der Waals surface area (Å²) in [7, 11) is 1.52. The monoisotopic (exact) mass is 605 g/mol. The Hall–Kier alpha value is -5.03. The molecule has 0 unspecified atom stereocenters. The first-order valence-electron chi connectivity index (χ1n) is 12.8. The maximum absolute atomic E-state index is 13.3. The van der Waals surface area contributed by atoms with Crippen LogP contribution in [-0.2, 0) is 15.8 Å². The molecule has 0 fully saturated rings. The zero-order valence-electron chi connectivity index (χ0n) is 22.8. The first kappa shape index (κ1) is 30.9. The molecule has 3 amide bonds. The van der Waals surface area contributed by atoms with Gasteiger partial charge in [0.1, 0.15) is 11.4 Å². The predicted molar refractivity (Wildman–Crippen MR) is 161 cm³/mol. The normalized spacial score (nSPS) is 11.4. The van der Waals surface area contributed by atoms with Gasteiger partial charge in [-0.3, -0.25) is 14.4 Å². The molecule has 0 aliphatic carbocycles. The number of alkyl halides is 3. The molecule has 4 rings (SSSR count). The minimum Gasteiger partial charge on any atom is -0.497 e. The molecule has 4 aromatic carbocycles. The van der Waals surface area contributed by atoms with E-state index in [1.54, 1.807) is 78.9 Å². The van der Waals surface area contributed by atoms with Crippen molar-refractivity contribution >= 4 is 46.9 Å². The summed E-state index contributed by atoms with van der Waals surface area (Å²) in [5, 5.41) is 7.90. The van der Waals surface area contributed by atoms with Crippen LogP contribution in [0.4, 0.5) is 24.5 Å². The Bertz CT molecular complexity index is 1640. The van der Waals surface area contributed by atoms with Gasteiger partial charge >= 0.3 is 6.18 Å². The van der Waals surface area contributed by atoms with E-state index in [0.29, 0.717) is 27.5 Å². The third-order valence-electron chi connectivity index (χ3n) is 5.87. The lowest BCUT2D eigenvalue weighted by molar-refractivity contribution is -0.137.